The number of rotatable bonds is 7. The minimum atomic E-state index is -0.247. The molecule has 2 heterocycles. The molecule has 1 aliphatic rings. The Hall–Kier alpha value is -3.88. The Bertz CT molecular complexity index is 1380. The lowest BCUT2D eigenvalue weighted by Gasteiger charge is -2.34. The average Bonchev–Trinajstić information content (AvgIpc) is 3.34. The van der Waals surface area contributed by atoms with Gasteiger partial charge in [-0.25, -0.2) is 0 Å². The molecule has 5 rings (SSSR count). The van der Waals surface area contributed by atoms with E-state index < -0.39 is 0 Å². The van der Waals surface area contributed by atoms with Crippen molar-refractivity contribution >= 4 is 46.6 Å². The largest absolute Gasteiger partial charge is 0.369 e. The third kappa shape index (κ3) is 5.98. The van der Waals surface area contributed by atoms with E-state index in [0.717, 1.165) is 49.4 Å². The number of halogens is 1. The van der Waals surface area contributed by atoms with Crippen molar-refractivity contribution in [2.75, 3.05) is 43.4 Å². The molecule has 3 aromatic carbocycles. The Balaban J connectivity index is 0.00000336. The van der Waals surface area contributed by atoms with Crippen LogP contribution in [0, 0.1) is 0 Å². The Labute approximate surface area is 228 Å². The molecule has 1 saturated heterocycles. The molecule has 0 saturated carbocycles. The van der Waals surface area contributed by atoms with E-state index in [1.165, 1.54) is 0 Å². The molecule has 3 N–H and O–H groups in total. The first kappa shape index (κ1) is 27.2. The predicted octanol–water partition coefficient (Wildman–Crippen LogP) is 4.87. The number of hydrogen-bond donors (Lipinski definition) is 3. The maximum Gasteiger partial charge on any atom is 0.256 e. The van der Waals surface area contributed by atoms with E-state index in [1.54, 1.807) is 18.2 Å². The molecule has 1 unspecified atom stereocenters. The second kappa shape index (κ2) is 12.1. The van der Waals surface area contributed by atoms with E-state index in [1.807, 2.05) is 61.5 Å². The molecule has 4 aromatic rings. The lowest BCUT2D eigenvalue weighted by molar-refractivity contribution is 0.0935. The van der Waals surface area contributed by atoms with E-state index in [4.69, 9.17) is 0 Å². The summed E-state index contributed by atoms with van der Waals surface area (Å²) in [5.41, 5.74) is 3.99. The molecule has 1 atom stereocenters. The predicted molar refractivity (Wildman–Crippen MR) is 154 cm³/mol. The Kier molecular flexibility index (Phi) is 8.66. The molecule has 1 aliphatic heterocycles. The molecule has 0 aliphatic carbocycles. The monoisotopic (exact) mass is 532 g/mol. The van der Waals surface area contributed by atoms with Crippen molar-refractivity contribution in [1.29, 1.82) is 0 Å². The summed E-state index contributed by atoms with van der Waals surface area (Å²) in [5.74, 6) is -0.0215. The van der Waals surface area contributed by atoms with Crippen LogP contribution in [0.1, 0.15) is 45.7 Å². The zero-order valence-electron chi connectivity index (χ0n) is 21.6. The van der Waals surface area contributed by atoms with Crippen molar-refractivity contribution in [1.82, 2.24) is 20.4 Å². The number of carbonyl (C=O) groups is 2. The summed E-state index contributed by atoms with van der Waals surface area (Å²) in [5, 5.41) is 13.9. The number of piperazine rings is 1. The fraction of sp³-hybridized carbons (Fsp3) is 0.276. The van der Waals surface area contributed by atoms with Crippen LogP contribution in [0.25, 0.3) is 10.9 Å². The van der Waals surface area contributed by atoms with Gasteiger partial charge in [0.05, 0.1) is 11.6 Å². The molecule has 0 spiro atoms. The number of benzene rings is 3. The van der Waals surface area contributed by atoms with Gasteiger partial charge in [-0.15, -0.1) is 12.4 Å². The second-order valence-electron chi connectivity index (χ2n) is 9.47. The van der Waals surface area contributed by atoms with Gasteiger partial charge < -0.3 is 20.4 Å². The summed E-state index contributed by atoms with van der Waals surface area (Å²) in [6, 6.07) is 22.8. The van der Waals surface area contributed by atoms with Crippen molar-refractivity contribution in [3.63, 3.8) is 0 Å². The maximum atomic E-state index is 13.1. The molecule has 0 bridgehead atoms. The molecule has 8 nitrogen and oxygen atoms in total. The number of aromatic amines is 1. The lowest BCUT2D eigenvalue weighted by Crippen LogP contribution is -2.44. The van der Waals surface area contributed by atoms with Crippen molar-refractivity contribution in [2.24, 2.45) is 0 Å². The summed E-state index contributed by atoms with van der Waals surface area (Å²) in [7, 11) is 2.13. The number of carbonyl (C=O) groups excluding carboxylic acids is 2. The van der Waals surface area contributed by atoms with Gasteiger partial charge in [-0.05, 0) is 61.5 Å². The molecule has 38 heavy (non-hydrogen) atoms. The number of fused-ring (bicyclic) bond motifs is 1. The molecule has 2 amide bonds. The van der Waals surface area contributed by atoms with Gasteiger partial charge in [0.2, 0.25) is 0 Å². The van der Waals surface area contributed by atoms with E-state index >= 15 is 0 Å². The van der Waals surface area contributed by atoms with Gasteiger partial charge in [0, 0.05) is 48.4 Å². The van der Waals surface area contributed by atoms with Crippen molar-refractivity contribution in [3.05, 3.63) is 89.5 Å². The van der Waals surface area contributed by atoms with Crippen LogP contribution in [-0.4, -0.2) is 60.1 Å². The molecule has 0 radical (unpaired) electrons. The first-order chi connectivity index (χ1) is 18.0. The number of likely N-dealkylation sites (N-methyl/N-ethyl adjacent to an activating group) is 1. The normalized spacial score (nSPS) is 14.5. The van der Waals surface area contributed by atoms with Crippen LogP contribution >= 0.6 is 12.4 Å². The van der Waals surface area contributed by atoms with Crippen LogP contribution in [0.3, 0.4) is 0 Å². The Morgan fingerprint density at radius 3 is 2.29 bits per heavy atom. The number of nitrogens with one attached hydrogen (secondary N) is 3. The van der Waals surface area contributed by atoms with Crippen LogP contribution in [0.5, 0.6) is 0 Å². The minimum absolute atomic E-state index is 0. The number of H-pyrrole nitrogens is 1. The number of nitrogens with zero attached hydrogens (tertiary/aromatic N) is 3. The number of aromatic nitrogens is 2. The second-order valence-corrected chi connectivity index (χ2v) is 9.47. The van der Waals surface area contributed by atoms with E-state index in [0.29, 0.717) is 22.3 Å². The highest BCUT2D eigenvalue weighted by Gasteiger charge is 2.18. The fourth-order valence-electron chi connectivity index (χ4n) is 4.67. The first-order valence-electron chi connectivity index (χ1n) is 12.7. The van der Waals surface area contributed by atoms with Crippen LogP contribution in [-0.2, 0) is 0 Å². The minimum Gasteiger partial charge on any atom is -0.369 e. The van der Waals surface area contributed by atoms with Gasteiger partial charge in [0.15, 0.2) is 5.82 Å². The van der Waals surface area contributed by atoms with Gasteiger partial charge in [-0.3, -0.25) is 14.7 Å². The van der Waals surface area contributed by atoms with Crippen molar-refractivity contribution < 1.29 is 9.59 Å². The van der Waals surface area contributed by atoms with Gasteiger partial charge in [0.1, 0.15) is 0 Å². The number of amides is 2. The zero-order chi connectivity index (χ0) is 25.8. The highest BCUT2D eigenvalue weighted by atomic mass is 35.5. The van der Waals surface area contributed by atoms with Crippen LogP contribution in [0.15, 0.2) is 72.8 Å². The topological polar surface area (TPSA) is 93.4 Å². The van der Waals surface area contributed by atoms with Crippen LogP contribution in [0.2, 0.25) is 0 Å². The van der Waals surface area contributed by atoms with E-state index in [2.05, 4.69) is 37.7 Å². The lowest BCUT2D eigenvalue weighted by atomic mass is 10.0. The SMILES string of the molecule is CCC(NC(=O)c1ccc2[nH]nc(NC(=O)c3ccc(N4CCN(C)CC4)cc3)c2c1)c1ccccc1.Cl. The summed E-state index contributed by atoms with van der Waals surface area (Å²) in [4.78, 5) is 30.7. The van der Waals surface area contributed by atoms with Gasteiger partial charge >= 0.3 is 0 Å². The molecule has 198 valence electrons. The highest BCUT2D eigenvalue weighted by Crippen LogP contribution is 2.24. The third-order valence-electron chi connectivity index (χ3n) is 6.97. The molecule has 1 aromatic heterocycles. The molecule has 9 heteroatoms. The first-order valence-corrected chi connectivity index (χ1v) is 12.7. The van der Waals surface area contributed by atoms with Gasteiger partial charge in [0.25, 0.3) is 11.8 Å². The molecular weight excluding hydrogens is 500 g/mol. The molecule has 1 fully saturated rings. The standard InChI is InChI=1S/C29H32N6O2.ClH/c1-3-25(20-7-5-4-6-8-20)30-29(37)22-11-14-26-24(19-22)27(33-32-26)31-28(36)21-9-12-23(13-10-21)35-17-15-34(2)16-18-35;/h4-14,19,25H,3,15-18H2,1-2H3,(H,30,37)(H2,31,32,33,36);1H. The average molecular weight is 533 g/mol. The van der Waals surface area contributed by atoms with Crippen LogP contribution in [0.4, 0.5) is 11.5 Å². The summed E-state index contributed by atoms with van der Waals surface area (Å²) < 4.78 is 0. The van der Waals surface area contributed by atoms with E-state index in [9.17, 15) is 9.59 Å². The van der Waals surface area contributed by atoms with E-state index in [-0.39, 0.29) is 30.3 Å². The number of hydrogen-bond acceptors (Lipinski definition) is 5. The summed E-state index contributed by atoms with van der Waals surface area (Å²) in [6.45, 7) is 6.05. The van der Waals surface area contributed by atoms with Crippen molar-refractivity contribution in [3.8, 4) is 0 Å². The maximum absolute atomic E-state index is 13.1. The van der Waals surface area contributed by atoms with Gasteiger partial charge in [-0.1, -0.05) is 37.3 Å². The zero-order valence-corrected chi connectivity index (χ0v) is 22.4. The third-order valence-corrected chi connectivity index (χ3v) is 6.97. The summed E-state index contributed by atoms with van der Waals surface area (Å²) in [6.07, 6.45) is 0.776. The fourth-order valence-corrected chi connectivity index (χ4v) is 4.67. The number of anilines is 2. The highest BCUT2D eigenvalue weighted by molar-refractivity contribution is 6.09. The van der Waals surface area contributed by atoms with Crippen molar-refractivity contribution in [2.45, 2.75) is 19.4 Å². The van der Waals surface area contributed by atoms with Gasteiger partial charge in [-0.2, -0.15) is 5.10 Å². The Morgan fingerprint density at radius 2 is 1.61 bits per heavy atom. The molecular formula is C29H33ClN6O2. The summed E-state index contributed by atoms with van der Waals surface area (Å²) >= 11 is 0. The Morgan fingerprint density at radius 1 is 0.921 bits per heavy atom. The quantitative estimate of drug-likeness (QED) is 0.316. The smallest absolute Gasteiger partial charge is 0.256 e. The van der Waals surface area contributed by atoms with Crippen LogP contribution < -0.4 is 15.5 Å².